The highest BCUT2D eigenvalue weighted by atomic mass is 16.5. The Morgan fingerprint density at radius 1 is 0.354 bits per heavy atom. The molecule has 1 amide bonds. The van der Waals surface area contributed by atoms with Crippen molar-refractivity contribution in [3.63, 3.8) is 0 Å². The largest absolute Gasteiger partial charge is 0.466 e. The van der Waals surface area contributed by atoms with Gasteiger partial charge in [-0.1, -0.05) is 359 Å². The van der Waals surface area contributed by atoms with Crippen molar-refractivity contribution in [3.8, 4) is 0 Å². The molecule has 79 heavy (non-hydrogen) atoms. The quantitative estimate of drug-likeness (QED) is 0.0320. The molecule has 6 nitrogen and oxygen atoms in total. The Bertz CT molecular complexity index is 1230. The van der Waals surface area contributed by atoms with Gasteiger partial charge in [0.05, 0.1) is 25.4 Å². The molecule has 468 valence electrons. The Morgan fingerprint density at radius 2 is 0.633 bits per heavy atom. The zero-order valence-corrected chi connectivity index (χ0v) is 53.6. The first-order chi connectivity index (χ1) is 39.0. The highest BCUT2D eigenvalue weighted by Crippen LogP contribution is 2.19. The summed E-state index contributed by atoms with van der Waals surface area (Å²) >= 11 is 0. The number of hydrogen-bond acceptors (Lipinski definition) is 5. The Hall–Kier alpha value is -1.66. The minimum Gasteiger partial charge on any atom is -0.466 e. The maximum atomic E-state index is 12.5. The Labute approximate surface area is 494 Å². The third-order valence-electron chi connectivity index (χ3n) is 17.0. The SMILES string of the molecule is CCCCCCCCCCCCCCCCCCCCCCCCC(O)C(CO)NC(=O)CCCCCCCCCCC/C=C\C/C=C\CCCCCCCCCCCOC(=O)CCCCCCCCCCCCCCCCC. The van der Waals surface area contributed by atoms with Crippen LogP contribution in [0.2, 0.25) is 0 Å². The maximum Gasteiger partial charge on any atom is 0.305 e. The normalized spacial score (nSPS) is 12.6. The van der Waals surface area contributed by atoms with E-state index in [1.165, 1.54) is 327 Å². The smallest absolute Gasteiger partial charge is 0.305 e. The van der Waals surface area contributed by atoms with Gasteiger partial charge in [-0.3, -0.25) is 9.59 Å². The molecule has 0 aromatic carbocycles. The third-order valence-corrected chi connectivity index (χ3v) is 17.0. The molecule has 2 atom stereocenters. The average Bonchev–Trinajstić information content (AvgIpc) is 3.45. The summed E-state index contributed by atoms with van der Waals surface area (Å²) in [5.74, 6) is -0.0237. The first kappa shape index (κ1) is 77.3. The topological polar surface area (TPSA) is 95.9 Å². The van der Waals surface area contributed by atoms with E-state index in [4.69, 9.17) is 4.74 Å². The monoisotopic (exact) mass is 1110 g/mol. The van der Waals surface area contributed by atoms with Crippen LogP contribution in [-0.2, 0) is 14.3 Å². The van der Waals surface area contributed by atoms with Crippen molar-refractivity contribution in [2.75, 3.05) is 13.2 Å². The Balaban J connectivity index is 3.42. The van der Waals surface area contributed by atoms with E-state index in [2.05, 4.69) is 43.5 Å². The molecule has 2 unspecified atom stereocenters. The first-order valence-electron chi connectivity index (χ1n) is 36.1. The highest BCUT2D eigenvalue weighted by Gasteiger charge is 2.20. The molecule has 6 heteroatoms. The molecule has 0 aliphatic heterocycles. The van der Waals surface area contributed by atoms with Crippen LogP contribution >= 0.6 is 0 Å². The average molecular weight is 1110 g/mol. The van der Waals surface area contributed by atoms with Gasteiger partial charge >= 0.3 is 5.97 Å². The molecule has 0 saturated carbocycles. The van der Waals surface area contributed by atoms with Crippen LogP contribution in [0.3, 0.4) is 0 Å². The van der Waals surface area contributed by atoms with Crippen molar-refractivity contribution >= 4 is 11.9 Å². The summed E-state index contributed by atoms with van der Waals surface area (Å²) in [6, 6.07) is -0.547. The van der Waals surface area contributed by atoms with Gasteiger partial charge in [-0.25, -0.2) is 0 Å². The number of carbonyl (C=O) groups excluding carboxylic acids is 2. The van der Waals surface area contributed by atoms with Gasteiger partial charge in [-0.15, -0.1) is 0 Å². The van der Waals surface area contributed by atoms with Crippen LogP contribution in [0, 0.1) is 0 Å². The van der Waals surface area contributed by atoms with E-state index in [1.807, 2.05) is 0 Å². The fourth-order valence-electron chi connectivity index (χ4n) is 11.5. The first-order valence-corrected chi connectivity index (χ1v) is 36.1. The molecular formula is C73H141NO5. The van der Waals surface area contributed by atoms with Gasteiger partial charge in [-0.2, -0.15) is 0 Å². The van der Waals surface area contributed by atoms with E-state index in [1.54, 1.807) is 0 Å². The third kappa shape index (κ3) is 65.4. The fraction of sp³-hybridized carbons (Fsp3) is 0.918. The van der Waals surface area contributed by atoms with Gasteiger partial charge in [0.1, 0.15) is 0 Å². The van der Waals surface area contributed by atoms with E-state index in [-0.39, 0.29) is 18.5 Å². The summed E-state index contributed by atoms with van der Waals surface area (Å²) in [5, 5.41) is 23.4. The van der Waals surface area contributed by atoms with Crippen LogP contribution < -0.4 is 5.32 Å². The van der Waals surface area contributed by atoms with Gasteiger partial charge in [0.25, 0.3) is 0 Å². The predicted molar refractivity (Wildman–Crippen MR) is 347 cm³/mol. The van der Waals surface area contributed by atoms with E-state index < -0.39 is 12.1 Å². The van der Waals surface area contributed by atoms with Crippen LogP contribution in [0.4, 0.5) is 0 Å². The van der Waals surface area contributed by atoms with Crippen LogP contribution in [0.1, 0.15) is 406 Å². The number of carbonyl (C=O) groups is 2. The van der Waals surface area contributed by atoms with Gasteiger partial charge in [0.15, 0.2) is 0 Å². The number of ether oxygens (including phenoxy) is 1. The molecular weight excluding hydrogens is 971 g/mol. The molecule has 0 heterocycles. The van der Waals surface area contributed by atoms with Crippen LogP contribution in [0.15, 0.2) is 24.3 Å². The second-order valence-corrected chi connectivity index (χ2v) is 24.9. The summed E-state index contributed by atoms with van der Waals surface area (Å²) in [6.07, 6.45) is 86.5. The number of unbranched alkanes of at least 4 members (excludes halogenated alkanes) is 53. The maximum absolute atomic E-state index is 12.5. The summed E-state index contributed by atoms with van der Waals surface area (Å²) < 4.78 is 5.49. The molecule has 0 rings (SSSR count). The molecule has 0 fully saturated rings. The number of amides is 1. The molecule has 0 saturated heterocycles. The zero-order chi connectivity index (χ0) is 57.1. The number of aliphatic hydroxyl groups is 2. The molecule has 0 aromatic rings. The summed E-state index contributed by atoms with van der Waals surface area (Å²) in [7, 11) is 0. The lowest BCUT2D eigenvalue weighted by molar-refractivity contribution is -0.143. The fourth-order valence-corrected chi connectivity index (χ4v) is 11.5. The lowest BCUT2D eigenvalue weighted by atomic mass is 10.0. The van der Waals surface area contributed by atoms with Crippen molar-refractivity contribution < 1.29 is 24.5 Å². The number of aliphatic hydroxyl groups excluding tert-OH is 2. The molecule has 0 aliphatic carbocycles. The molecule has 0 spiro atoms. The lowest BCUT2D eigenvalue weighted by Gasteiger charge is -2.22. The molecule has 0 radical (unpaired) electrons. The number of hydrogen-bond donors (Lipinski definition) is 3. The van der Waals surface area contributed by atoms with Gasteiger partial charge in [0, 0.05) is 12.8 Å². The standard InChI is InChI=1S/C73H141NO5/c1-3-5-7-9-11-13-15-17-19-20-21-22-28-31-34-38-41-45-49-53-57-61-65-71(76)70(69-75)74-72(77)66-62-58-54-50-46-42-39-35-32-29-26-24-23-25-27-30-33-36-40-44-48-52-56-60-64-68-79-73(78)67-63-59-55-51-47-43-37-18-16-14-12-10-8-6-4-2/h24-27,70-71,75-76H,3-23,28-69H2,1-2H3,(H,74,77)/b26-24-,27-25-. The number of allylic oxidation sites excluding steroid dienone is 4. The number of rotatable bonds is 68. The van der Waals surface area contributed by atoms with Crippen molar-refractivity contribution in [2.24, 2.45) is 0 Å². The van der Waals surface area contributed by atoms with Crippen molar-refractivity contribution in [1.29, 1.82) is 0 Å². The lowest BCUT2D eigenvalue weighted by Crippen LogP contribution is -2.45. The molecule has 3 N–H and O–H groups in total. The van der Waals surface area contributed by atoms with E-state index >= 15 is 0 Å². The van der Waals surface area contributed by atoms with E-state index in [0.29, 0.717) is 25.9 Å². The minimum atomic E-state index is -0.670. The van der Waals surface area contributed by atoms with Crippen LogP contribution in [-0.4, -0.2) is 47.4 Å². The second kappa shape index (κ2) is 68.8. The molecule has 0 aliphatic rings. The Kier molecular flexibility index (Phi) is 67.4. The molecule has 0 aromatic heterocycles. The summed E-state index contributed by atoms with van der Waals surface area (Å²) in [4.78, 5) is 24.6. The summed E-state index contributed by atoms with van der Waals surface area (Å²) in [6.45, 7) is 4.99. The number of nitrogens with one attached hydrogen (secondary N) is 1. The van der Waals surface area contributed by atoms with Crippen LogP contribution in [0.5, 0.6) is 0 Å². The predicted octanol–water partition coefficient (Wildman–Crippen LogP) is 23.3. The second-order valence-electron chi connectivity index (χ2n) is 24.9. The molecule has 0 bridgehead atoms. The van der Waals surface area contributed by atoms with Crippen molar-refractivity contribution in [1.82, 2.24) is 5.32 Å². The van der Waals surface area contributed by atoms with Crippen LogP contribution in [0.25, 0.3) is 0 Å². The summed E-state index contributed by atoms with van der Waals surface area (Å²) in [5.41, 5.74) is 0. The van der Waals surface area contributed by atoms with Crippen molar-refractivity contribution in [3.05, 3.63) is 24.3 Å². The van der Waals surface area contributed by atoms with Gasteiger partial charge in [-0.05, 0) is 57.8 Å². The zero-order valence-electron chi connectivity index (χ0n) is 53.6. The minimum absolute atomic E-state index is 0.0129. The number of esters is 1. The van der Waals surface area contributed by atoms with Crippen molar-refractivity contribution in [2.45, 2.75) is 418 Å². The van der Waals surface area contributed by atoms with E-state index in [0.717, 1.165) is 44.9 Å². The van der Waals surface area contributed by atoms with Gasteiger partial charge in [0.2, 0.25) is 5.91 Å². The van der Waals surface area contributed by atoms with Gasteiger partial charge < -0.3 is 20.3 Å². The Morgan fingerprint density at radius 3 is 0.962 bits per heavy atom. The highest BCUT2D eigenvalue weighted by molar-refractivity contribution is 5.76. The van der Waals surface area contributed by atoms with E-state index in [9.17, 15) is 19.8 Å².